The molecule has 0 radical (unpaired) electrons. The van der Waals surface area contributed by atoms with Crippen molar-refractivity contribution in [1.29, 1.82) is 0 Å². The van der Waals surface area contributed by atoms with Gasteiger partial charge >= 0.3 is 0 Å². The third-order valence-corrected chi connectivity index (χ3v) is 4.52. The van der Waals surface area contributed by atoms with E-state index in [1.165, 1.54) is 51.6 Å². The number of hydrogen-bond donors (Lipinski definition) is 2. The van der Waals surface area contributed by atoms with Crippen LogP contribution >= 0.6 is 0 Å². The summed E-state index contributed by atoms with van der Waals surface area (Å²) in [6, 6.07) is 1.22. The van der Waals surface area contributed by atoms with Gasteiger partial charge in [0.2, 0.25) is 0 Å². The Hall–Kier alpha value is -0.770. The zero-order chi connectivity index (χ0) is 13.7. The lowest BCUT2D eigenvalue weighted by Crippen LogP contribution is -2.41. The fraction of sp³-hybridized carbons (Fsp3) is 0.933. The lowest BCUT2D eigenvalue weighted by atomic mass is 9.96. The number of aliphatic imine (C=N–C) groups is 1. The van der Waals surface area contributed by atoms with Crippen LogP contribution < -0.4 is 11.1 Å². The van der Waals surface area contributed by atoms with Gasteiger partial charge in [-0.1, -0.05) is 19.3 Å². The minimum absolute atomic E-state index is 0.563. The van der Waals surface area contributed by atoms with Crippen molar-refractivity contribution < 1.29 is 0 Å². The van der Waals surface area contributed by atoms with E-state index >= 15 is 0 Å². The first-order chi connectivity index (χ1) is 9.15. The molecule has 0 spiro atoms. The largest absolute Gasteiger partial charge is 0.370 e. The van der Waals surface area contributed by atoms with Gasteiger partial charge in [0.1, 0.15) is 0 Å². The molecule has 2 rings (SSSR count). The van der Waals surface area contributed by atoms with Crippen LogP contribution in [0, 0.1) is 5.92 Å². The number of guanidine groups is 1. The highest BCUT2D eigenvalue weighted by atomic mass is 15.2. The second-order valence-corrected chi connectivity index (χ2v) is 6.45. The number of likely N-dealkylation sites (tertiary alicyclic amines) is 1. The summed E-state index contributed by atoms with van der Waals surface area (Å²) in [4.78, 5) is 7.08. The van der Waals surface area contributed by atoms with Crippen molar-refractivity contribution in [2.24, 2.45) is 16.6 Å². The van der Waals surface area contributed by atoms with Gasteiger partial charge in [-0.15, -0.1) is 0 Å². The molecule has 1 unspecified atom stereocenters. The SMILES string of the molecule is CC(C)N1CCC(CN=C(N)NC2CCCCC2)C1. The summed E-state index contributed by atoms with van der Waals surface area (Å²) < 4.78 is 0. The molecule has 2 fully saturated rings. The van der Waals surface area contributed by atoms with E-state index < -0.39 is 0 Å². The summed E-state index contributed by atoms with van der Waals surface area (Å²) in [6.07, 6.45) is 7.80. The van der Waals surface area contributed by atoms with E-state index in [0.29, 0.717) is 24.0 Å². The number of rotatable bonds is 4. The molecule has 0 aromatic rings. The third kappa shape index (κ3) is 4.68. The van der Waals surface area contributed by atoms with E-state index in [4.69, 9.17) is 5.73 Å². The molecule has 4 heteroatoms. The molecule has 1 saturated carbocycles. The first-order valence-corrected chi connectivity index (χ1v) is 7.95. The molecule has 1 saturated heterocycles. The molecule has 2 aliphatic rings. The first kappa shape index (κ1) is 14.6. The van der Waals surface area contributed by atoms with Crippen LogP contribution in [0.25, 0.3) is 0 Å². The Morgan fingerprint density at radius 2 is 2.00 bits per heavy atom. The zero-order valence-corrected chi connectivity index (χ0v) is 12.6. The Labute approximate surface area is 117 Å². The molecule has 4 nitrogen and oxygen atoms in total. The third-order valence-electron chi connectivity index (χ3n) is 4.52. The van der Waals surface area contributed by atoms with Crippen molar-refractivity contribution in [2.75, 3.05) is 19.6 Å². The average molecular weight is 266 g/mol. The van der Waals surface area contributed by atoms with Crippen molar-refractivity contribution in [3.8, 4) is 0 Å². The van der Waals surface area contributed by atoms with Gasteiger partial charge in [-0.3, -0.25) is 4.99 Å². The first-order valence-electron chi connectivity index (χ1n) is 7.95. The number of nitrogens with one attached hydrogen (secondary N) is 1. The normalized spacial score (nSPS) is 27.1. The highest BCUT2D eigenvalue weighted by Gasteiger charge is 2.23. The molecule has 0 aromatic heterocycles. The smallest absolute Gasteiger partial charge is 0.188 e. The van der Waals surface area contributed by atoms with E-state index in [-0.39, 0.29) is 0 Å². The van der Waals surface area contributed by atoms with Crippen LogP contribution in [0.5, 0.6) is 0 Å². The Bertz CT molecular complexity index is 295. The molecule has 1 atom stereocenters. The fourth-order valence-electron chi connectivity index (χ4n) is 3.21. The van der Waals surface area contributed by atoms with Gasteiger partial charge in [0.25, 0.3) is 0 Å². The highest BCUT2D eigenvalue weighted by molar-refractivity contribution is 5.78. The van der Waals surface area contributed by atoms with Crippen LogP contribution in [0.4, 0.5) is 0 Å². The summed E-state index contributed by atoms with van der Waals surface area (Å²) in [6.45, 7) is 7.82. The van der Waals surface area contributed by atoms with E-state index in [9.17, 15) is 0 Å². The van der Waals surface area contributed by atoms with Crippen LogP contribution in [-0.2, 0) is 0 Å². The monoisotopic (exact) mass is 266 g/mol. The predicted octanol–water partition coefficient (Wildman–Crippen LogP) is 1.95. The van der Waals surface area contributed by atoms with Gasteiger partial charge in [-0.05, 0) is 45.6 Å². The predicted molar refractivity (Wildman–Crippen MR) is 81.3 cm³/mol. The minimum Gasteiger partial charge on any atom is -0.370 e. The number of nitrogens with two attached hydrogens (primary N) is 1. The van der Waals surface area contributed by atoms with Crippen molar-refractivity contribution in [2.45, 2.75) is 64.5 Å². The van der Waals surface area contributed by atoms with Gasteiger partial charge in [-0.25, -0.2) is 0 Å². The molecular formula is C15H30N4. The van der Waals surface area contributed by atoms with Crippen LogP contribution in [0.15, 0.2) is 4.99 Å². The van der Waals surface area contributed by atoms with Gasteiger partial charge in [0, 0.05) is 25.2 Å². The van der Waals surface area contributed by atoms with Crippen LogP contribution in [0.3, 0.4) is 0 Å². The quantitative estimate of drug-likeness (QED) is 0.604. The number of hydrogen-bond acceptors (Lipinski definition) is 2. The van der Waals surface area contributed by atoms with Crippen molar-refractivity contribution in [3.63, 3.8) is 0 Å². The standard InChI is InChI=1S/C15H30N4/c1-12(2)19-9-8-13(11-19)10-17-15(16)18-14-6-4-3-5-7-14/h12-14H,3-11H2,1-2H3,(H3,16,17,18). The topological polar surface area (TPSA) is 53.6 Å². The van der Waals surface area contributed by atoms with Gasteiger partial charge in [0.15, 0.2) is 5.96 Å². The average Bonchev–Trinajstić information content (AvgIpc) is 2.86. The lowest BCUT2D eigenvalue weighted by molar-refractivity contribution is 0.266. The number of nitrogens with zero attached hydrogens (tertiary/aromatic N) is 2. The second kappa shape index (κ2) is 7.13. The summed E-state index contributed by atoms with van der Waals surface area (Å²) >= 11 is 0. The summed E-state index contributed by atoms with van der Waals surface area (Å²) in [7, 11) is 0. The summed E-state index contributed by atoms with van der Waals surface area (Å²) in [5, 5.41) is 3.39. The molecule has 0 aromatic carbocycles. The maximum atomic E-state index is 6.00. The highest BCUT2D eigenvalue weighted by Crippen LogP contribution is 2.19. The van der Waals surface area contributed by atoms with E-state index in [1.54, 1.807) is 0 Å². The van der Waals surface area contributed by atoms with Crippen LogP contribution in [0.2, 0.25) is 0 Å². The summed E-state index contributed by atoms with van der Waals surface area (Å²) in [5.41, 5.74) is 6.00. The molecule has 1 aliphatic carbocycles. The van der Waals surface area contributed by atoms with Gasteiger partial charge < -0.3 is 16.0 Å². The maximum absolute atomic E-state index is 6.00. The van der Waals surface area contributed by atoms with E-state index in [2.05, 4.69) is 29.1 Å². The molecule has 0 amide bonds. The van der Waals surface area contributed by atoms with Gasteiger partial charge in [-0.2, -0.15) is 0 Å². The van der Waals surface area contributed by atoms with Crippen molar-refractivity contribution in [3.05, 3.63) is 0 Å². The van der Waals surface area contributed by atoms with Crippen LogP contribution in [-0.4, -0.2) is 42.6 Å². The molecule has 1 aliphatic heterocycles. The Balaban J connectivity index is 1.69. The van der Waals surface area contributed by atoms with Crippen molar-refractivity contribution in [1.82, 2.24) is 10.2 Å². The van der Waals surface area contributed by atoms with Crippen LogP contribution in [0.1, 0.15) is 52.4 Å². The summed E-state index contributed by atoms with van der Waals surface area (Å²) in [5.74, 6) is 1.35. The maximum Gasteiger partial charge on any atom is 0.188 e. The van der Waals surface area contributed by atoms with E-state index in [1.807, 2.05) is 0 Å². The molecule has 3 N–H and O–H groups in total. The zero-order valence-electron chi connectivity index (χ0n) is 12.6. The van der Waals surface area contributed by atoms with Gasteiger partial charge in [0.05, 0.1) is 0 Å². The molecule has 1 heterocycles. The van der Waals surface area contributed by atoms with Crippen molar-refractivity contribution >= 4 is 5.96 Å². The molecule has 110 valence electrons. The fourth-order valence-corrected chi connectivity index (χ4v) is 3.21. The lowest BCUT2D eigenvalue weighted by Gasteiger charge is -2.23. The molecule has 0 bridgehead atoms. The Morgan fingerprint density at radius 3 is 2.63 bits per heavy atom. The second-order valence-electron chi connectivity index (χ2n) is 6.45. The molecular weight excluding hydrogens is 236 g/mol. The molecule has 19 heavy (non-hydrogen) atoms. The van der Waals surface area contributed by atoms with E-state index in [0.717, 1.165) is 6.54 Å². The Kier molecular flexibility index (Phi) is 5.49. The minimum atomic E-state index is 0.563. The Morgan fingerprint density at radius 1 is 1.26 bits per heavy atom.